The predicted octanol–water partition coefficient (Wildman–Crippen LogP) is 4.23. The molecule has 0 saturated heterocycles. The van der Waals surface area contributed by atoms with Crippen molar-refractivity contribution in [3.8, 4) is 0 Å². The molecule has 0 unspecified atom stereocenters. The van der Waals surface area contributed by atoms with Gasteiger partial charge < -0.3 is 0 Å². The van der Waals surface area contributed by atoms with Crippen LogP contribution < -0.4 is 0 Å². The highest BCUT2D eigenvalue weighted by molar-refractivity contribution is 6.51. The molecule has 8 heteroatoms. The minimum absolute atomic E-state index is 0.0278. The molecule has 0 aromatic carbocycles. The van der Waals surface area contributed by atoms with Crippen LogP contribution in [0.2, 0.25) is 0 Å². The van der Waals surface area contributed by atoms with E-state index >= 15 is 0 Å². The molecule has 0 aliphatic carbocycles. The van der Waals surface area contributed by atoms with Gasteiger partial charge in [0.25, 0.3) is 0 Å². The van der Waals surface area contributed by atoms with Crippen LogP contribution in [-0.2, 0) is 0 Å². The Bertz CT molecular complexity index is 82.5. The molecule has 0 heterocycles. The van der Waals surface area contributed by atoms with E-state index in [-0.39, 0.29) is 6.13 Å². The van der Waals surface area contributed by atoms with Gasteiger partial charge in [-0.25, -0.2) is 4.39 Å². The predicted molar refractivity (Wildman–Crippen MR) is 37.6 cm³/mol. The van der Waals surface area contributed by atoms with E-state index in [0.29, 0.717) is 0 Å². The summed E-state index contributed by atoms with van der Waals surface area (Å²) in [7, 11) is 0. The normalized spacial score (nSPS) is 12.0. The summed E-state index contributed by atoms with van der Waals surface area (Å²) in [5.74, 6) is 0. The second-order valence-electron chi connectivity index (χ2n) is 1.08. The minimum Gasteiger partial charge on any atom is -0.225 e. The first-order valence-electron chi connectivity index (χ1n) is 1.82. The lowest BCUT2D eigenvalue weighted by molar-refractivity contribution is 0.0241. The fourth-order valence-corrected chi connectivity index (χ4v) is 0. The van der Waals surface area contributed by atoms with Crippen LogP contribution in [0.4, 0.5) is 17.6 Å². The van der Waals surface area contributed by atoms with E-state index in [0.717, 1.165) is 0 Å². The maximum Gasteiger partial charge on any atom is 0.383 e. The summed E-state index contributed by atoms with van der Waals surface area (Å²) < 4.78 is 40.5. The second kappa shape index (κ2) is 5.51. The van der Waals surface area contributed by atoms with Crippen LogP contribution in [0.25, 0.3) is 0 Å². The van der Waals surface area contributed by atoms with Crippen LogP contribution in [0.3, 0.4) is 0 Å². The highest BCUT2D eigenvalue weighted by atomic mass is 35.5. The first kappa shape index (κ1) is 14.4. The Morgan fingerprint density at radius 3 is 1.09 bits per heavy atom. The molecule has 69 valence electrons. The molecule has 0 aliphatic heterocycles. The molecule has 0 N–H and O–H groups in total. The van der Waals surface area contributed by atoms with Gasteiger partial charge in [-0.1, -0.05) is 34.8 Å². The van der Waals surface area contributed by atoms with E-state index in [1.807, 2.05) is 0 Å². The molecule has 0 saturated carbocycles. The second-order valence-corrected chi connectivity index (χ2v) is 2.95. The summed E-state index contributed by atoms with van der Waals surface area (Å²) in [4.78, 5) is 0. The molecule has 0 spiro atoms. The zero-order valence-electron chi connectivity index (χ0n) is 4.60. The van der Waals surface area contributed by atoms with Crippen molar-refractivity contribution in [1.29, 1.82) is 0 Å². The van der Waals surface area contributed by atoms with Gasteiger partial charge in [0.15, 0.2) is 0 Å². The number of rotatable bonds is 1. The third-order valence-electron chi connectivity index (χ3n) is 0.321. The van der Waals surface area contributed by atoms with Crippen molar-refractivity contribution < 1.29 is 17.6 Å². The molecule has 0 aliphatic rings. The van der Waals surface area contributed by atoms with Gasteiger partial charge in [0.1, 0.15) is 0 Å². The zero-order chi connectivity index (χ0) is 9.71. The Morgan fingerprint density at radius 2 is 1.09 bits per heavy atom. The fraction of sp³-hybridized carbons (Fsp3) is 0.667. The summed E-state index contributed by atoms with van der Waals surface area (Å²) in [6.45, 7) is 0. The molecular formula is C3HCl4F4. The lowest BCUT2D eigenvalue weighted by Crippen LogP contribution is -2.27. The number of alkyl halides is 6. The van der Waals surface area contributed by atoms with Gasteiger partial charge in [0.2, 0.25) is 6.13 Å². The molecule has 0 aromatic heterocycles. The number of hydrogen-bond donors (Lipinski definition) is 0. The van der Waals surface area contributed by atoms with Crippen molar-refractivity contribution in [1.82, 2.24) is 0 Å². The summed E-state index contributed by atoms with van der Waals surface area (Å²) in [5, 5.41) is -4.23. The summed E-state index contributed by atoms with van der Waals surface area (Å²) >= 11 is 16.7. The Hall–Kier alpha value is 0.880. The quantitative estimate of drug-likeness (QED) is 0.485. The Kier molecular flexibility index (Phi) is 7.22. The largest absolute Gasteiger partial charge is 0.383 e. The first-order chi connectivity index (χ1) is 4.66. The Balaban J connectivity index is 0. The van der Waals surface area contributed by atoms with Gasteiger partial charge >= 0.3 is 9.97 Å². The molecule has 0 aromatic rings. The molecule has 0 nitrogen and oxygen atoms in total. The third kappa shape index (κ3) is 8.79. The van der Waals surface area contributed by atoms with E-state index in [1.165, 1.54) is 0 Å². The summed E-state index contributed by atoms with van der Waals surface area (Å²) in [6, 6.07) is 0. The minimum atomic E-state index is -4.23. The van der Waals surface area contributed by atoms with Crippen molar-refractivity contribution in [2.24, 2.45) is 0 Å². The first-order valence-corrected chi connectivity index (χ1v) is 3.39. The van der Waals surface area contributed by atoms with Gasteiger partial charge in [-0.3, -0.25) is 0 Å². The Labute approximate surface area is 80.4 Å². The van der Waals surface area contributed by atoms with Crippen molar-refractivity contribution in [2.75, 3.05) is 0 Å². The van der Waals surface area contributed by atoms with Crippen molar-refractivity contribution in [3.05, 3.63) is 6.13 Å². The third-order valence-corrected chi connectivity index (χ3v) is 1.25. The van der Waals surface area contributed by atoms with Crippen molar-refractivity contribution in [2.45, 2.75) is 9.97 Å². The lowest BCUT2D eigenvalue weighted by Gasteiger charge is -2.13. The summed E-state index contributed by atoms with van der Waals surface area (Å²) in [6.07, 6.45) is -0.0278. The van der Waals surface area contributed by atoms with Crippen LogP contribution in [-0.4, -0.2) is 9.97 Å². The molecule has 11 heavy (non-hydrogen) atoms. The lowest BCUT2D eigenvalue weighted by atomic mass is 10.8. The molecule has 0 fully saturated rings. The number of hydrogen-bond acceptors (Lipinski definition) is 0. The number of halogens is 8. The van der Waals surface area contributed by atoms with Crippen LogP contribution in [0.5, 0.6) is 0 Å². The van der Waals surface area contributed by atoms with Gasteiger partial charge in [-0.05, 0) is 11.6 Å². The van der Waals surface area contributed by atoms with Crippen LogP contribution >= 0.6 is 46.4 Å². The highest BCUT2D eigenvalue weighted by Crippen LogP contribution is 2.42. The van der Waals surface area contributed by atoms with Crippen LogP contribution in [0, 0.1) is 6.13 Å². The molecule has 0 rings (SSSR count). The van der Waals surface area contributed by atoms with E-state index < -0.39 is 9.97 Å². The van der Waals surface area contributed by atoms with Gasteiger partial charge in [0, 0.05) is 0 Å². The molecule has 0 atom stereocenters. The molecule has 0 amide bonds. The van der Waals surface area contributed by atoms with Crippen LogP contribution in [0.1, 0.15) is 0 Å². The highest BCUT2D eigenvalue weighted by Gasteiger charge is 2.51. The maximum atomic E-state index is 11.5. The van der Waals surface area contributed by atoms with E-state index in [4.69, 9.17) is 0 Å². The van der Waals surface area contributed by atoms with E-state index in [9.17, 15) is 17.6 Å². The molecule has 1 radical (unpaired) electrons. The average molecular weight is 255 g/mol. The van der Waals surface area contributed by atoms with Gasteiger partial charge in [-0.15, -0.1) is 0 Å². The molecule has 0 bridgehead atoms. The van der Waals surface area contributed by atoms with E-state index in [2.05, 4.69) is 46.4 Å². The van der Waals surface area contributed by atoms with Crippen molar-refractivity contribution >= 4 is 46.4 Å². The standard InChI is InChI=1S/C2Cl3F3.CHClF/c3-1(4,6)2(5,7)8;2-1-3/h;1H. The monoisotopic (exact) mass is 253 g/mol. The maximum absolute atomic E-state index is 11.5. The molecular weight excluding hydrogens is 254 g/mol. The van der Waals surface area contributed by atoms with E-state index in [1.54, 1.807) is 0 Å². The smallest absolute Gasteiger partial charge is 0.225 e. The summed E-state index contributed by atoms with van der Waals surface area (Å²) in [5.41, 5.74) is 0. The van der Waals surface area contributed by atoms with Gasteiger partial charge in [-0.2, -0.15) is 13.2 Å². The van der Waals surface area contributed by atoms with Gasteiger partial charge in [0.05, 0.1) is 0 Å². The fourth-order valence-electron chi connectivity index (χ4n) is 0. The zero-order valence-corrected chi connectivity index (χ0v) is 7.62. The Morgan fingerprint density at radius 1 is 1.00 bits per heavy atom. The average Bonchev–Trinajstić information content (AvgIpc) is 1.60. The topological polar surface area (TPSA) is 0 Å². The van der Waals surface area contributed by atoms with Crippen LogP contribution in [0.15, 0.2) is 0 Å². The van der Waals surface area contributed by atoms with Crippen molar-refractivity contribution in [3.63, 3.8) is 0 Å². The SMILES string of the molecule is FC(F)(Cl)C(F)(Cl)Cl.F[CH]Cl.